The van der Waals surface area contributed by atoms with Crippen molar-refractivity contribution in [3.8, 4) is 0 Å². The smallest absolute Gasteiger partial charge is 0.337 e. The number of hydrogen-bond donors (Lipinski definition) is 1. The molecule has 0 saturated heterocycles. The van der Waals surface area contributed by atoms with Crippen molar-refractivity contribution in [1.29, 1.82) is 0 Å². The number of ether oxygens (including phenoxy) is 2. The van der Waals surface area contributed by atoms with Gasteiger partial charge in [-0.2, -0.15) is 8.42 Å². The standard InChI is InChI=1S/C25H22P.C10H10O7S/c1-5-13-22(14-6-1)21-26(23-15-7-2-8-16-23,24-17-9-3-10-18-24)25-19-11-4-12-20-25;1-16-9(11)6-3-7(10(12)17-2)5-8(4-6)18(13,14)15/h1-20H,21H2;3-5H,1-2H3,(H,13,14,15)/q+1;. The summed E-state index contributed by atoms with van der Waals surface area (Å²) in [6, 6.07) is 46.9. The summed E-state index contributed by atoms with van der Waals surface area (Å²) >= 11 is 0. The second-order valence-electron chi connectivity index (χ2n) is 9.66. The number of carbonyl (C=O) groups excluding carboxylic acids is 2. The lowest BCUT2D eigenvalue weighted by Gasteiger charge is -2.27. The third-order valence-corrected chi connectivity index (χ3v) is 12.1. The van der Waals surface area contributed by atoms with Crippen molar-refractivity contribution in [3.05, 3.63) is 156 Å². The molecule has 1 N–H and O–H groups in total. The molecule has 5 aromatic rings. The van der Waals surface area contributed by atoms with Crippen LogP contribution in [0.4, 0.5) is 0 Å². The van der Waals surface area contributed by atoms with E-state index in [4.69, 9.17) is 4.55 Å². The van der Waals surface area contributed by atoms with Crippen molar-refractivity contribution in [2.45, 2.75) is 11.1 Å². The Labute approximate surface area is 258 Å². The highest BCUT2D eigenvalue weighted by atomic mass is 32.2. The Balaban J connectivity index is 0.000000217. The Morgan fingerprint density at radius 2 is 0.932 bits per heavy atom. The van der Waals surface area contributed by atoms with E-state index < -0.39 is 34.2 Å². The first-order chi connectivity index (χ1) is 21.2. The Morgan fingerprint density at radius 1 is 0.591 bits per heavy atom. The molecule has 0 bridgehead atoms. The Morgan fingerprint density at radius 3 is 1.25 bits per heavy atom. The maximum absolute atomic E-state index is 11.3. The summed E-state index contributed by atoms with van der Waals surface area (Å²) in [7, 11) is -4.13. The number of hydrogen-bond acceptors (Lipinski definition) is 6. The van der Waals surface area contributed by atoms with Crippen molar-refractivity contribution in [3.63, 3.8) is 0 Å². The van der Waals surface area contributed by atoms with Crippen molar-refractivity contribution in [2.75, 3.05) is 14.2 Å². The summed E-state index contributed by atoms with van der Waals surface area (Å²) in [5.41, 5.74) is 1.01. The summed E-state index contributed by atoms with van der Waals surface area (Å²) in [6.45, 7) is 0. The number of methoxy groups -OCH3 is 2. The normalized spacial score (nSPS) is 11.1. The summed E-state index contributed by atoms with van der Waals surface area (Å²) in [5.74, 6) is -1.68. The highest BCUT2D eigenvalue weighted by molar-refractivity contribution is 7.95. The minimum absolute atomic E-state index is 0.187. The monoisotopic (exact) mass is 627 g/mol. The Hall–Kier alpha value is -4.62. The molecule has 44 heavy (non-hydrogen) atoms. The third-order valence-electron chi connectivity index (χ3n) is 6.90. The molecule has 0 aliphatic rings. The van der Waals surface area contributed by atoms with Gasteiger partial charge in [0.25, 0.3) is 10.1 Å². The molecule has 0 atom stereocenters. The fraction of sp³-hybridized carbons (Fsp3) is 0.0857. The van der Waals surface area contributed by atoms with Crippen LogP contribution in [0.15, 0.2) is 144 Å². The quantitative estimate of drug-likeness (QED) is 0.134. The fourth-order valence-corrected chi connectivity index (χ4v) is 9.64. The molecular weight excluding hydrogens is 595 g/mol. The van der Waals surface area contributed by atoms with Gasteiger partial charge < -0.3 is 9.47 Å². The molecule has 0 aliphatic heterocycles. The van der Waals surface area contributed by atoms with Crippen molar-refractivity contribution >= 4 is 45.2 Å². The van der Waals surface area contributed by atoms with E-state index in [9.17, 15) is 18.0 Å². The first-order valence-corrected chi connectivity index (χ1v) is 17.0. The van der Waals surface area contributed by atoms with Gasteiger partial charge in [0.05, 0.1) is 36.4 Å². The predicted molar refractivity (Wildman–Crippen MR) is 174 cm³/mol. The van der Waals surface area contributed by atoms with Crippen LogP contribution in [0.1, 0.15) is 26.3 Å². The van der Waals surface area contributed by atoms with E-state index in [1.807, 2.05) is 0 Å². The highest BCUT2D eigenvalue weighted by Gasteiger charge is 2.45. The molecule has 0 spiro atoms. The van der Waals surface area contributed by atoms with Crippen LogP contribution in [-0.4, -0.2) is 39.1 Å². The predicted octanol–water partition coefficient (Wildman–Crippen LogP) is 5.69. The second kappa shape index (κ2) is 14.7. The zero-order valence-electron chi connectivity index (χ0n) is 24.2. The van der Waals surface area contributed by atoms with Gasteiger partial charge >= 0.3 is 11.9 Å². The number of rotatable bonds is 8. The maximum atomic E-state index is 11.3. The van der Waals surface area contributed by atoms with Crippen LogP contribution in [0.2, 0.25) is 0 Å². The third kappa shape index (κ3) is 7.66. The van der Waals surface area contributed by atoms with Crippen LogP contribution in [-0.2, 0) is 25.8 Å². The minimum Gasteiger partial charge on any atom is -0.465 e. The highest BCUT2D eigenvalue weighted by Crippen LogP contribution is 2.58. The van der Waals surface area contributed by atoms with Crippen LogP contribution < -0.4 is 15.9 Å². The van der Waals surface area contributed by atoms with Gasteiger partial charge in [0.1, 0.15) is 23.2 Å². The van der Waals surface area contributed by atoms with Crippen molar-refractivity contribution in [1.82, 2.24) is 0 Å². The second-order valence-corrected chi connectivity index (χ2v) is 14.6. The average molecular weight is 628 g/mol. The Bertz CT molecular complexity index is 1670. The van der Waals surface area contributed by atoms with E-state index in [0.717, 1.165) is 38.6 Å². The molecule has 0 fully saturated rings. The molecule has 0 heterocycles. The molecule has 0 aromatic heterocycles. The SMILES string of the molecule is COC(=O)c1cc(C(=O)OC)cc(S(=O)(=O)O)c1.c1ccc(C[P+](c2ccccc2)(c2ccccc2)c2ccccc2)cc1. The number of benzene rings is 5. The zero-order chi connectivity index (χ0) is 31.6. The van der Waals surface area contributed by atoms with Crippen LogP contribution in [0.25, 0.3) is 0 Å². The van der Waals surface area contributed by atoms with Gasteiger partial charge in [-0.05, 0) is 60.2 Å². The molecule has 7 nitrogen and oxygen atoms in total. The lowest BCUT2D eigenvalue weighted by atomic mass is 10.1. The summed E-state index contributed by atoms with van der Waals surface area (Å²) in [4.78, 5) is 22.0. The van der Waals surface area contributed by atoms with E-state index in [1.54, 1.807) is 0 Å². The summed E-state index contributed by atoms with van der Waals surface area (Å²) < 4.78 is 39.7. The van der Waals surface area contributed by atoms with Gasteiger partial charge in [-0.3, -0.25) is 4.55 Å². The number of esters is 2. The van der Waals surface area contributed by atoms with Crippen LogP contribution in [0.3, 0.4) is 0 Å². The lowest BCUT2D eigenvalue weighted by molar-refractivity contribution is 0.0598. The average Bonchev–Trinajstić information content (AvgIpc) is 3.07. The van der Waals surface area contributed by atoms with E-state index in [2.05, 4.69) is 131 Å². The molecule has 0 unspecified atom stereocenters. The van der Waals surface area contributed by atoms with E-state index >= 15 is 0 Å². The van der Waals surface area contributed by atoms with Crippen LogP contribution >= 0.6 is 7.26 Å². The molecule has 0 amide bonds. The van der Waals surface area contributed by atoms with Crippen molar-refractivity contribution in [2.24, 2.45) is 0 Å². The molecule has 0 aliphatic carbocycles. The van der Waals surface area contributed by atoms with Gasteiger partial charge in [-0.1, -0.05) is 84.9 Å². The van der Waals surface area contributed by atoms with Gasteiger partial charge in [0, 0.05) is 0 Å². The molecule has 224 valence electrons. The Kier molecular flexibility index (Phi) is 10.8. The fourth-order valence-electron chi connectivity index (χ4n) is 4.85. The topological polar surface area (TPSA) is 107 Å². The lowest BCUT2D eigenvalue weighted by Crippen LogP contribution is -2.32. The van der Waals surface area contributed by atoms with Crippen molar-refractivity contribution < 1.29 is 32.0 Å². The van der Waals surface area contributed by atoms with E-state index in [1.165, 1.54) is 21.5 Å². The van der Waals surface area contributed by atoms with Gasteiger partial charge in [0.2, 0.25) is 0 Å². The summed E-state index contributed by atoms with van der Waals surface area (Å²) in [6.07, 6.45) is 1.03. The van der Waals surface area contributed by atoms with Gasteiger partial charge in [-0.25, -0.2) is 9.59 Å². The number of carbonyl (C=O) groups is 2. The molecule has 0 saturated carbocycles. The molecule has 0 radical (unpaired) electrons. The molecule has 5 rings (SSSR count). The summed E-state index contributed by atoms with van der Waals surface area (Å²) in [5, 5.41) is 4.30. The van der Waals surface area contributed by atoms with Crippen LogP contribution in [0.5, 0.6) is 0 Å². The van der Waals surface area contributed by atoms with Gasteiger partial charge in [0.15, 0.2) is 0 Å². The van der Waals surface area contributed by atoms with E-state index in [0.29, 0.717) is 0 Å². The van der Waals surface area contributed by atoms with Gasteiger partial charge in [-0.15, -0.1) is 0 Å². The zero-order valence-corrected chi connectivity index (χ0v) is 25.9. The molecule has 9 heteroatoms. The maximum Gasteiger partial charge on any atom is 0.337 e. The molecular formula is C35H32O7PS+. The van der Waals surface area contributed by atoms with Crippen LogP contribution in [0, 0.1) is 0 Å². The first-order valence-electron chi connectivity index (χ1n) is 13.6. The minimum atomic E-state index is -4.55. The van der Waals surface area contributed by atoms with E-state index in [-0.39, 0.29) is 11.1 Å². The first kappa shape index (κ1) is 32.3. The molecule has 5 aromatic carbocycles. The largest absolute Gasteiger partial charge is 0.465 e.